The molecule has 1 aromatic carbocycles. The van der Waals surface area contributed by atoms with Gasteiger partial charge in [0.25, 0.3) is 0 Å². The second-order valence-corrected chi connectivity index (χ2v) is 3.61. The first-order valence-electron chi connectivity index (χ1n) is 5.35. The molecule has 17 heavy (non-hydrogen) atoms. The Morgan fingerprint density at radius 2 is 2.12 bits per heavy atom. The van der Waals surface area contributed by atoms with E-state index in [2.05, 4.69) is 6.58 Å². The molecule has 0 aliphatic rings. The quantitative estimate of drug-likeness (QED) is 0.622. The Bertz CT molecular complexity index is 449. The van der Waals surface area contributed by atoms with Gasteiger partial charge in [-0.2, -0.15) is 0 Å². The molecule has 0 heterocycles. The fourth-order valence-electron chi connectivity index (χ4n) is 1.64. The lowest BCUT2D eigenvalue weighted by atomic mass is 9.97. The molecule has 2 N–H and O–H groups in total. The average molecular weight is 236 g/mol. The third-order valence-corrected chi connectivity index (χ3v) is 2.50. The van der Waals surface area contributed by atoms with E-state index in [1.165, 1.54) is 0 Å². The van der Waals surface area contributed by atoms with Crippen LogP contribution in [-0.2, 0) is 11.2 Å². The number of hydrogen-bond donors (Lipinski definition) is 2. The predicted molar refractivity (Wildman–Crippen MR) is 64.4 cm³/mol. The van der Waals surface area contributed by atoms with Crippen LogP contribution < -0.4 is 0 Å². The van der Waals surface area contributed by atoms with Crippen LogP contribution in [0, 0.1) is 6.92 Å². The number of carbonyl (C=O) groups is 1. The van der Waals surface area contributed by atoms with Crippen molar-refractivity contribution in [3.8, 4) is 11.5 Å². The van der Waals surface area contributed by atoms with E-state index in [-0.39, 0.29) is 23.7 Å². The molecule has 0 aromatic heterocycles. The Labute approximate surface area is 100 Å². The van der Waals surface area contributed by atoms with Crippen LogP contribution in [-0.4, -0.2) is 22.8 Å². The maximum atomic E-state index is 11.7. The van der Waals surface area contributed by atoms with Crippen LogP contribution in [0.1, 0.15) is 28.4 Å². The van der Waals surface area contributed by atoms with Gasteiger partial charge >= 0.3 is 5.97 Å². The van der Waals surface area contributed by atoms with Gasteiger partial charge in [-0.1, -0.05) is 6.08 Å². The maximum Gasteiger partial charge on any atom is 0.342 e. The molecule has 4 heteroatoms. The van der Waals surface area contributed by atoms with Crippen LogP contribution in [0.4, 0.5) is 0 Å². The molecule has 0 atom stereocenters. The minimum absolute atomic E-state index is 0.0487. The molecule has 0 fully saturated rings. The van der Waals surface area contributed by atoms with Crippen molar-refractivity contribution >= 4 is 5.97 Å². The summed E-state index contributed by atoms with van der Waals surface area (Å²) in [6, 6.07) is 1.15. The fourth-order valence-corrected chi connectivity index (χ4v) is 1.64. The zero-order chi connectivity index (χ0) is 13.0. The number of aromatic hydroxyl groups is 2. The molecule has 0 radical (unpaired) electrons. The van der Waals surface area contributed by atoms with E-state index < -0.39 is 5.97 Å². The number of benzene rings is 1. The van der Waals surface area contributed by atoms with Crippen LogP contribution in [0.5, 0.6) is 11.5 Å². The summed E-state index contributed by atoms with van der Waals surface area (Å²) in [6.45, 7) is 7.18. The minimum atomic E-state index is -0.593. The van der Waals surface area contributed by atoms with Crippen molar-refractivity contribution in [2.75, 3.05) is 6.61 Å². The number of ether oxygens (including phenoxy) is 1. The first-order chi connectivity index (χ1) is 8.02. The van der Waals surface area contributed by atoms with Gasteiger partial charge < -0.3 is 14.9 Å². The Kier molecular flexibility index (Phi) is 4.15. The van der Waals surface area contributed by atoms with Gasteiger partial charge in [-0.05, 0) is 31.4 Å². The second kappa shape index (κ2) is 5.39. The lowest BCUT2D eigenvalue weighted by Crippen LogP contribution is -2.09. The Hall–Kier alpha value is -1.97. The molecule has 0 saturated carbocycles. The van der Waals surface area contributed by atoms with Crippen LogP contribution >= 0.6 is 0 Å². The zero-order valence-corrected chi connectivity index (χ0v) is 9.99. The normalized spacial score (nSPS) is 10.0. The van der Waals surface area contributed by atoms with Gasteiger partial charge in [0.2, 0.25) is 0 Å². The second-order valence-electron chi connectivity index (χ2n) is 3.61. The average Bonchev–Trinajstić information content (AvgIpc) is 2.26. The summed E-state index contributed by atoms with van der Waals surface area (Å²) in [4.78, 5) is 11.7. The monoisotopic (exact) mass is 236 g/mol. The standard InChI is InChI=1S/C13H16O4/c1-4-6-9-8(3)10(14)7-11(15)12(9)13(16)17-5-2/h4,7,14-15H,1,5-6H2,2-3H3. The molecule has 0 aliphatic heterocycles. The van der Waals surface area contributed by atoms with Gasteiger partial charge in [-0.15, -0.1) is 6.58 Å². The molecule has 0 unspecified atom stereocenters. The summed E-state index contributed by atoms with van der Waals surface area (Å²) in [7, 11) is 0. The molecule has 92 valence electrons. The largest absolute Gasteiger partial charge is 0.508 e. The summed E-state index contributed by atoms with van der Waals surface area (Å²) in [5.41, 5.74) is 1.18. The van der Waals surface area contributed by atoms with Crippen molar-refractivity contribution < 1.29 is 19.7 Å². The molecule has 1 aromatic rings. The van der Waals surface area contributed by atoms with E-state index in [1.807, 2.05) is 0 Å². The van der Waals surface area contributed by atoms with Gasteiger partial charge in [0.15, 0.2) is 0 Å². The first-order valence-corrected chi connectivity index (χ1v) is 5.35. The minimum Gasteiger partial charge on any atom is -0.508 e. The highest BCUT2D eigenvalue weighted by molar-refractivity contribution is 5.95. The Morgan fingerprint density at radius 3 is 2.65 bits per heavy atom. The predicted octanol–water partition coefficient (Wildman–Crippen LogP) is 2.31. The van der Waals surface area contributed by atoms with Gasteiger partial charge in [0.05, 0.1) is 6.61 Å². The molecular weight excluding hydrogens is 220 g/mol. The number of esters is 1. The van der Waals surface area contributed by atoms with Crippen LogP contribution in [0.15, 0.2) is 18.7 Å². The first kappa shape index (κ1) is 13.1. The van der Waals surface area contributed by atoms with E-state index in [0.29, 0.717) is 17.5 Å². The number of hydrogen-bond acceptors (Lipinski definition) is 4. The molecule has 0 saturated heterocycles. The van der Waals surface area contributed by atoms with Crippen molar-refractivity contribution in [1.82, 2.24) is 0 Å². The van der Waals surface area contributed by atoms with Gasteiger partial charge in [-0.3, -0.25) is 0 Å². The lowest BCUT2D eigenvalue weighted by Gasteiger charge is -2.13. The van der Waals surface area contributed by atoms with E-state index in [4.69, 9.17) is 4.74 Å². The van der Waals surface area contributed by atoms with Crippen LogP contribution in [0.2, 0.25) is 0 Å². The van der Waals surface area contributed by atoms with Crippen LogP contribution in [0.3, 0.4) is 0 Å². The van der Waals surface area contributed by atoms with Gasteiger partial charge in [0, 0.05) is 6.07 Å². The highest BCUT2D eigenvalue weighted by Crippen LogP contribution is 2.32. The van der Waals surface area contributed by atoms with Gasteiger partial charge in [-0.25, -0.2) is 4.79 Å². The highest BCUT2D eigenvalue weighted by atomic mass is 16.5. The van der Waals surface area contributed by atoms with Crippen LogP contribution in [0.25, 0.3) is 0 Å². The summed E-state index contributed by atoms with van der Waals surface area (Å²) in [5, 5.41) is 19.3. The summed E-state index contributed by atoms with van der Waals surface area (Å²) in [6.07, 6.45) is 1.98. The van der Waals surface area contributed by atoms with E-state index in [9.17, 15) is 15.0 Å². The van der Waals surface area contributed by atoms with E-state index in [1.54, 1.807) is 19.9 Å². The van der Waals surface area contributed by atoms with E-state index in [0.717, 1.165) is 6.07 Å². The number of rotatable bonds is 4. The van der Waals surface area contributed by atoms with Crippen molar-refractivity contribution in [2.24, 2.45) is 0 Å². The number of phenolic OH excluding ortho intramolecular Hbond substituents is 2. The maximum absolute atomic E-state index is 11.7. The molecule has 0 bridgehead atoms. The Balaban J connectivity index is 3.40. The fraction of sp³-hybridized carbons (Fsp3) is 0.308. The van der Waals surface area contributed by atoms with Crippen molar-refractivity contribution in [3.63, 3.8) is 0 Å². The third-order valence-electron chi connectivity index (χ3n) is 2.50. The SMILES string of the molecule is C=CCc1c(C)c(O)cc(O)c1C(=O)OCC. The Morgan fingerprint density at radius 1 is 1.47 bits per heavy atom. The smallest absolute Gasteiger partial charge is 0.342 e. The number of allylic oxidation sites excluding steroid dienone is 1. The topological polar surface area (TPSA) is 66.8 Å². The van der Waals surface area contributed by atoms with Crippen molar-refractivity contribution in [1.29, 1.82) is 0 Å². The van der Waals surface area contributed by atoms with Crippen molar-refractivity contribution in [2.45, 2.75) is 20.3 Å². The molecule has 0 amide bonds. The van der Waals surface area contributed by atoms with Gasteiger partial charge in [0.1, 0.15) is 17.1 Å². The number of carbonyl (C=O) groups excluding carboxylic acids is 1. The zero-order valence-electron chi connectivity index (χ0n) is 9.99. The third kappa shape index (κ3) is 2.58. The molecule has 1 rings (SSSR count). The highest BCUT2D eigenvalue weighted by Gasteiger charge is 2.21. The summed E-state index contributed by atoms with van der Waals surface area (Å²) < 4.78 is 4.88. The van der Waals surface area contributed by atoms with Crippen molar-refractivity contribution in [3.05, 3.63) is 35.4 Å². The van der Waals surface area contributed by atoms with E-state index >= 15 is 0 Å². The lowest BCUT2D eigenvalue weighted by molar-refractivity contribution is 0.0522. The molecular formula is C13H16O4. The molecule has 0 aliphatic carbocycles. The summed E-state index contributed by atoms with van der Waals surface area (Å²) >= 11 is 0. The molecule has 4 nitrogen and oxygen atoms in total. The molecule has 0 spiro atoms. The number of phenols is 2. The summed E-state index contributed by atoms with van der Waals surface area (Å²) in [5.74, 6) is -0.916.